The molecule has 2 N–H and O–H groups in total. The lowest BCUT2D eigenvalue weighted by molar-refractivity contribution is -0.147. The minimum atomic E-state index is -0.663. The highest BCUT2D eigenvalue weighted by atomic mass is 16.5. The van der Waals surface area contributed by atoms with Gasteiger partial charge in [0.1, 0.15) is 18.0 Å². The zero-order valence-corrected chi connectivity index (χ0v) is 17.6. The molecule has 2 aromatic rings. The van der Waals surface area contributed by atoms with Crippen LogP contribution in [-0.2, 0) is 14.3 Å². The summed E-state index contributed by atoms with van der Waals surface area (Å²) < 4.78 is 10.6. The van der Waals surface area contributed by atoms with Crippen molar-refractivity contribution in [2.45, 2.75) is 38.6 Å². The Hall–Kier alpha value is -3.35. The van der Waals surface area contributed by atoms with Gasteiger partial charge in [-0.05, 0) is 55.2 Å². The van der Waals surface area contributed by atoms with E-state index in [4.69, 9.17) is 9.47 Å². The molecule has 1 aliphatic carbocycles. The van der Waals surface area contributed by atoms with Crippen molar-refractivity contribution in [2.24, 2.45) is 5.92 Å². The molecule has 1 fully saturated rings. The monoisotopic (exact) mass is 424 g/mol. The maximum atomic E-state index is 12.2. The van der Waals surface area contributed by atoms with Crippen molar-refractivity contribution in [2.75, 3.05) is 13.2 Å². The third-order valence-electron chi connectivity index (χ3n) is 5.31. The normalized spacial score (nSPS) is 18.0. The average Bonchev–Trinajstić information content (AvgIpc) is 2.79. The Morgan fingerprint density at radius 3 is 2.32 bits per heavy atom. The van der Waals surface area contributed by atoms with E-state index in [1.54, 1.807) is 24.3 Å². The van der Waals surface area contributed by atoms with E-state index < -0.39 is 11.9 Å². The van der Waals surface area contributed by atoms with E-state index in [2.05, 4.69) is 17.6 Å². The van der Waals surface area contributed by atoms with Gasteiger partial charge in [-0.2, -0.15) is 0 Å². The molecule has 0 heterocycles. The van der Waals surface area contributed by atoms with Crippen LogP contribution in [0.4, 0.5) is 0 Å². The summed E-state index contributed by atoms with van der Waals surface area (Å²) in [6, 6.07) is 16.0. The van der Waals surface area contributed by atoms with Gasteiger partial charge >= 0.3 is 5.97 Å². The van der Waals surface area contributed by atoms with Crippen LogP contribution in [0.2, 0.25) is 0 Å². The van der Waals surface area contributed by atoms with Crippen LogP contribution < -0.4 is 15.4 Å². The van der Waals surface area contributed by atoms with Gasteiger partial charge in [-0.1, -0.05) is 38.0 Å². The number of carbonyl (C=O) groups is 3. The summed E-state index contributed by atoms with van der Waals surface area (Å²) in [5.74, 6) is 0.336. The molecule has 1 aliphatic rings. The van der Waals surface area contributed by atoms with E-state index in [0.29, 0.717) is 23.0 Å². The maximum Gasteiger partial charge on any atom is 0.325 e. The first-order valence-corrected chi connectivity index (χ1v) is 10.6. The van der Waals surface area contributed by atoms with Crippen LogP contribution in [0.5, 0.6) is 11.5 Å². The Bertz CT molecular complexity index is 883. The molecule has 1 saturated carbocycles. The lowest BCUT2D eigenvalue weighted by Gasteiger charge is -2.29. The smallest absolute Gasteiger partial charge is 0.325 e. The van der Waals surface area contributed by atoms with Crippen molar-refractivity contribution < 1.29 is 23.9 Å². The van der Waals surface area contributed by atoms with Gasteiger partial charge in [-0.25, -0.2) is 0 Å². The number of carbonyl (C=O) groups excluding carboxylic acids is 3. The number of amides is 2. The molecule has 31 heavy (non-hydrogen) atoms. The summed E-state index contributed by atoms with van der Waals surface area (Å²) in [5.41, 5.74) is 0.386. The predicted octanol–water partition coefficient (Wildman–Crippen LogP) is 3.45. The van der Waals surface area contributed by atoms with Crippen LogP contribution in [0.1, 0.15) is 43.0 Å². The number of nitrogens with one attached hydrogen (secondary N) is 2. The van der Waals surface area contributed by atoms with Crippen LogP contribution in [0.3, 0.4) is 0 Å². The first-order valence-electron chi connectivity index (χ1n) is 10.6. The summed E-state index contributed by atoms with van der Waals surface area (Å²) in [7, 11) is 0. The Morgan fingerprint density at radius 1 is 0.935 bits per heavy atom. The van der Waals surface area contributed by atoms with Gasteiger partial charge < -0.3 is 20.1 Å². The molecule has 0 unspecified atom stereocenters. The molecule has 0 aliphatic heterocycles. The second-order valence-corrected chi connectivity index (χ2v) is 7.72. The van der Waals surface area contributed by atoms with E-state index in [1.165, 1.54) is 6.42 Å². The predicted molar refractivity (Wildman–Crippen MR) is 116 cm³/mol. The molecule has 0 radical (unpaired) electrons. The van der Waals surface area contributed by atoms with E-state index >= 15 is 0 Å². The summed E-state index contributed by atoms with van der Waals surface area (Å²) in [6.07, 6.45) is 4.33. The fourth-order valence-electron chi connectivity index (χ4n) is 3.53. The molecule has 3 rings (SSSR count). The molecular weight excluding hydrogens is 396 g/mol. The fraction of sp³-hybridized carbons (Fsp3) is 0.375. The maximum absolute atomic E-state index is 12.2. The van der Waals surface area contributed by atoms with E-state index in [1.807, 2.05) is 30.3 Å². The third-order valence-corrected chi connectivity index (χ3v) is 5.31. The highest BCUT2D eigenvalue weighted by Crippen LogP contribution is 2.23. The van der Waals surface area contributed by atoms with Gasteiger partial charge in [-0.15, -0.1) is 0 Å². The molecule has 7 heteroatoms. The highest BCUT2D eigenvalue weighted by Gasteiger charge is 2.23. The van der Waals surface area contributed by atoms with Gasteiger partial charge in [0.05, 0.1) is 0 Å². The Labute approximate surface area is 182 Å². The van der Waals surface area contributed by atoms with Crippen molar-refractivity contribution in [1.29, 1.82) is 0 Å². The van der Waals surface area contributed by atoms with Crippen LogP contribution in [0.15, 0.2) is 54.6 Å². The topological polar surface area (TPSA) is 93.7 Å². The van der Waals surface area contributed by atoms with Gasteiger partial charge in [0.2, 0.25) is 0 Å². The number of esters is 1. The SMILES string of the molecule is C[C@H]1CCCC[C@H]1NC(=O)COC(=O)CNC(=O)c1ccc(Oc2ccccc2)cc1. The van der Waals surface area contributed by atoms with E-state index in [0.717, 1.165) is 19.3 Å². The first kappa shape index (κ1) is 22.3. The van der Waals surface area contributed by atoms with Crippen LogP contribution in [-0.4, -0.2) is 37.0 Å². The molecule has 0 bridgehead atoms. The molecule has 164 valence electrons. The Balaban J connectivity index is 1.37. The summed E-state index contributed by atoms with van der Waals surface area (Å²) in [4.78, 5) is 36.1. The first-order chi connectivity index (χ1) is 15.0. The van der Waals surface area contributed by atoms with Crippen molar-refractivity contribution in [3.8, 4) is 11.5 Å². The molecule has 7 nitrogen and oxygen atoms in total. The summed E-state index contributed by atoms with van der Waals surface area (Å²) >= 11 is 0. The fourth-order valence-corrected chi connectivity index (χ4v) is 3.53. The number of benzene rings is 2. The molecule has 0 spiro atoms. The average molecular weight is 424 g/mol. The van der Waals surface area contributed by atoms with Crippen LogP contribution in [0.25, 0.3) is 0 Å². The number of rotatable bonds is 8. The molecular formula is C24H28N2O5. The largest absolute Gasteiger partial charge is 0.457 e. The van der Waals surface area contributed by atoms with E-state index in [9.17, 15) is 14.4 Å². The molecule has 2 amide bonds. The molecule has 0 aromatic heterocycles. The lowest BCUT2D eigenvalue weighted by atomic mass is 9.86. The second-order valence-electron chi connectivity index (χ2n) is 7.72. The van der Waals surface area contributed by atoms with Gasteiger partial charge in [-0.3, -0.25) is 14.4 Å². The van der Waals surface area contributed by atoms with Crippen molar-refractivity contribution in [3.63, 3.8) is 0 Å². The number of ether oxygens (including phenoxy) is 2. The summed E-state index contributed by atoms with van der Waals surface area (Å²) in [6.45, 7) is 1.46. The quantitative estimate of drug-likeness (QED) is 0.633. The number of hydrogen-bond donors (Lipinski definition) is 2. The van der Waals surface area contributed by atoms with Crippen LogP contribution >= 0.6 is 0 Å². The molecule has 2 atom stereocenters. The Morgan fingerprint density at radius 2 is 1.61 bits per heavy atom. The molecule has 0 saturated heterocycles. The minimum absolute atomic E-state index is 0.133. The number of hydrogen-bond acceptors (Lipinski definition) is 5. The second kappa shape index (κ2) is 11.2. The van der Waals surface area contributed by atoms with Crippen molar-refractivity contribution in [1.82, 2.24) is 10.6 Å². The standard InChI is InChI=1S/C24H28N2O5/c1-17-7-5-6-10-21(17)26-22(27)16-30-23(28)15-25-24(29)18-11-13-20(14-12-18)31-19-8-3-2-4-9-19/h2-4,8-9,11-14,17,21H,5-7,10,15-16H2,1H3,(H,25,29)(H,26,27)/t17-,21+/m0/s1. The van der Waals surface area contributed by atoms with Crippen molar-refractivity contribution >= 4 is 17.8 Å². The third kappa shape index (κ3) is 7.13. The number of para-hydroxylation sites is 1. The van der Waals surface area contributed by atoms with Gasteiger partial charge in [0, 0.05) is 11.6 Å². The van der Waals surface area contributed by atoms with Gasteiger partial charge in [0.15, 0.2) is 6.61 Å². The minimum Gasteiger partial charge on any atom is -0.457 e. The summed E-state index contributed by atoms with van der Waals surface area (Å²) in [5, 5.41) is 5.42. The lowest BCUT2D eigenvalue weighted by Crippen LogP contribution is -2.43. The molecule has 2 aromatic carbocycles. The van der Waals surface area contributed by atoms with Crippen molar-refractivity contribution in [3.05, 3.63) is 60.2 Å². The zero-order valence-electron chi connectivity index (χ0n) is 17.6. The van der Waals surface area contributed by atoms with Gasteiger partial charge in [0.25, 0.3) is 11.8 Å². The highest BCUT2D eigenvalue weighted by molar-refractivity contribution is 5.96. The zero-order chi connectivity index (χ0) is 22.1. The van der Waals surface area contributed by atoms with E-state index in [-0.39, 0.29) is 25.1 Å². The Kier molecular flexibility index (Phi) is 8.04. The van der Waals surface area contributed by atoms with Crippen LogP contribution in [0, 0.1) is 5.92 Å².